The molecule has 39 heavy (non-hydrogen) atoms. The Bertz CT molecular complexity index is 1210. The SMILES string of the molecule is C[C@H](C(=O)N1C(=O)CN(CCCCCS(=O)(=O)N[C@H](C)c2ccc(F)c(OCC3CC3)c2)C1=O)N(C)C(=N)N. The Kier molecular flexibility index (Phi) is 9.88. The summed E-state index contributed by atoms with van der Waals surface area (Å²) < 4.78 is 47.4. The summed E-state index contributed by atoms with van der Waals surface area (Å²) in [7, 11) is -2.22. The predicted octanol–water partition coefficient (Wildman–Crippen LogP) is 1.77. The molecule has 1 heterocycles. The van der Waals surface area contributed by atoms with Crippen LogP contribution >= 0.6 is 0 Å². The number of nitrogens with one attached hydrogen (secondary N) is 2. The van der Waals surface area contributed by atoms with E-state index in [-0.39, 0.29) is 30.6 Å². The third kappa shape index (κ3) is 8.12. The number of nitrogens with two attached hydrogens (primary N) is 1. The predicted molar refractivity (Wildman–Crippen MR) is 142 cm³/mol. The maximum atomic E-state index is 14.1. The van der Waals surface area contributed by atoms with E-state index in [1.807, 2.05) is 0 Å². The summed E-state index contributed by atoms with van der Waals surface area (Å²) >= 11 is 0. The lowest BCUT2D eigenvalue weighted by Crippen LogP contribution is -2.51. The first-order valence-corrected chi connectivity index (χ1v) is 14.6. The number of rotatable bonds is 14. The van der Waals surface area contributed by atoms with Crippen LogP contribution in [0.4, 0.5) is 9.18 Å². The minimum Gasteiger partial charge on any atom is -0.490 e. The van der Waals surface area contributed by atoms with Gasteiger partial charge in [0, 0.05) is 19.6 Å². The molecule has 0 radical (unpaired) electrons. The van der Waals surface area contributed by atoms with Crippen LogP contribution in [0.15, 0.2) is 18.2 Å². The highest BCUT2D eigenvalue weighted by Gasteiger charge is 2.42. The summed E-state index contributed by atoms with van der Waals surface area (Å²) in [5, 5.41) is 7.42. The van der Waals surface area contributed by atoms with Crippen molar-refractivity contribution in [3.63, 3.8) is 0 Å². The third-order valence-corrected chi connectivity index (χ3v) is 8.44. The van der Waals surface area contributed by atoms with Crippen molar-refractivity contribution in [1.29, 1.82) is 5.41 Å². The highest BCUT2D eigenvalue weighted by Crippen LogP contribution is 2.31. The molecule has 3 rings (SSSR count). The average Bonchev–Trinajstić information content (AvgIpc) is 3.65. The summed E-state index contributed by atoms with van der Waals surface area (Å²) in [5.41, 5.74) is 5.97. The molecule has 1 saturated heterocycles. The van der Waals surface area contributed by atoms with Crippen LogP contribution in [0.5, 0.6) is 5.75 Å². The van der Waals surface area contributed by atoms with Crippen LogP contribution in [-0.4, -0.2) is 85.5 Å². The zero-order chi connectivity index (χ0) is 28.9. The van der Waals surface area contributed by atoms with Gasteiger partial charge in [-0.1, -0.05) is 12.5 Å². The van der Waals surface area contributed by atoms with Gasteiger partial charge in [0.2, 0.25) is 10.0 Å². The zero-order valence-corrected chi connectivity index (χ0v) is 23.3. The van der Waals surface area contributed by atoms with Crippen LogP contribution in [0.2, 0.25) is 0 Å². The van der Waals surface area contributed by atoms with Crippen LogP contribution < -0.4 is 15.2 Å². The molecule has 1 aromatic rings. The van der Waals surface area contributed by atoms with Crippen molar-refractivity contribution in [2.24, 2.45) is 11.7 Å². The summed E-state index contributed by atoms with van der Waals surface area (Å²) in [5.74, 6) is -1.85. The first-order chi connectivity index (χ1) is 18.3. The molecule has 0 spiro atoms. The van der Waals surface area contributed by atoms with Gasteiger partial charge in [0.25, 0.3) is 11.8 Å². The molecule has 1 aromatic carbocycles. The fourth-order valence-corrected chi connectivity index (χ4v) is 5.44. The van der Waals surface area contributed by atoms with Crippen LogP contribution in [0, 0.1) is 17.1 Å². The van der Waals surface area contributed by atoms with Crippen molar-refractivity contribution in [3.8, 4) is 5.75 Å². The number of urea groups is 1. The van der Waals surface area contributed by atoms with Crippen LogP contribution in [-0.2, 0) is 19.6 Å². The van der Waals surface area contributed by atoms with E-state index in [1.165, 1.54) is 37.1 Å². The molecule has 4 N–H and O–H groups in total. The summed E-state index contributed by atoms with van der Waals surface area (Å²) in [6.45, 7) is 3.51. The molecular formula is C25H37FN6O6S. The van der Waals surface area contributed by atoms with Crippen LogP contribution in [0.3, 0.4) is 0 Å². The molecule has 1 aliphatic carbocycles. The van der Waals surface area contributed by atoms with E-state index in [0.29, 0.717) is 42.3 Å². The van der Waals surface area contributed by atoms with Crippen molar-refractivity contribution < 1.29 is 31.9 Å². The summed E-state index contributed by atoms with van der Waals surface area (Å²) in [6.07, 6.45) is 3.37. The number of sulfonamides is 1. The second kappa shape index (κ2) is 12.7. The number of benzene rings is 1. The smallest absolute Gasteiger partial charge is 0.334 e. The van der Waals surface area contributed by atoms with Gasteiger partial charge < -0.3 is 20.3 Å². The van der Waals surface area contributed by atoms with E-state index in [9.17, 15) is 27.2 Å². The molecule has 12 nitrogen and oxygen atoms in total. The van der Waals surface area contributed by atoms with Crippen molar-refractivity contribution in [2.45, 2.75) is 58.0 Å². The Morgan fingerprint density at radius 3 is 2.59 bits per heavy atom. The van der Waals surface area contributed by atoms with Gasteiger partial charge >= 0.3 is 6.03 Å². The van der Waals surface area contributed by atoms with Gasteiger partial charge in [-0.15, -0.1) is 0 Å². The molecule has 2 atom stereocenters. The molecule has 2 aliphatic rings. The highest BCUT2D eigenvalue weighted by molar-refractivity contribution is 7.89. The molecule has 1 saturated carbocycles. The zero-order valence-electron chi connectivity index (χ0n) is 22.5. The molecule has 14 heteroatoms. The normalized spacial score (nSPS) is 17.3. The largest absolute Gasteiger partial charge is 0.490 e. The fraction of sp³-hybridized carbons (Fsp3) is 0.600. The van der Waals surface area contributed by atoms with Gasteiger partial charge in [-0.05, 0) is 63.1 Å². The Balaban J connectivity index is 1.42. The highest BCUT2D eigenvalue weighted by atomic mass is 32.2. The third-order valence-electron chi connectivity index (χ3n) is 6.90. The number of carbonyl (C=O) groups excluding carboxylic acids is 3. The second-order valence-corrected chi connectivity index (χ2v) is 12.0. The lowest BCUT2D eigenvalue weighted by Gasteiger charge is -2.26. The van der Waals surface area contributed by atoms with E-state index < -0.39 is 45.8 Å². The number of carbonyl (C=O) groups is 3. The van der Waals surface area contributed by atoms with Crippen LogP contribution in [0.1, 0.15) is 57.6 Å². The van der Waals surface area contributed by atoms with E-state index >= 15 is 0 Å². The average molecular weight is 569 g/mol. The number of unbranched alkanes of at least 4 members (excludes halogenated alkanes) is 2. The van der Waals surface area contributed by atoms with Crippen LogP contribution in [0.25, 0.3) is 0 Å². The van der Waals surface area contributed by atoms with E-state index in [4.69, 9.17) is 15.9 Å². The van der Waals surface area contributed by atoms with Gasteiger partial charge in [-0.25, -0.2) is 22.3 Å². The molecule has 4 amide bonds. The molecule has 1 aliphatic heterocycles. The Morgan fingerprint density at radius 1 is 1.26 bits per heavy atom. The molecular weight excluding hydrogens is 531 g/mol. The lowest BCUT2D eigenvalue weighted by atomic mass is 10.1. The minimum atomic E-state index is -3.64. The van der Waals surface area contributed by atoms with Crippen molar-refractivity contribution in [3.05, 3.63) is 29.6 Å². The van der Waals surface area contributed by atoms with Gasteiger partial charge in [0.15, 0.2) is 17.5 Å². The van der Waals surface area contributed by atoms with Gasteiger partial charge in [0.05, 0.1) is 12.4 Å². The maximum Gasteiger partial charge on any atom is 0.334 e. The number of nitrogens with zero attached hydrogens (tertiary/aromatic N) is 3. The topological polar surface area (TPSA) is 166 Å². The minimum absolute atomic E-state index is 0.112. The number of hydrogen-bond acceptors (Lipinski definition) is 7. The van der Waals surface area contributed by atoms with Crippen molar-refractivity contribution in [2.75, 3.05) is 32.5 Å². The van der Waals surface area contributed by atoms with E-state index in [2.05, 4.69) is 4.72 Å². The number of ether oxygens (including phenoxy) is 1. The summed E-state index contributed by atoms with van der Waals surface area (Å²) in [4.78, 5) is 40.5. The first-order valence-electron chi connectivity index (χ1n) is 13.0. The molecule has 216 valence electrons. The number of hydrogen-bond donors (Lipinski definition) is 3. The summed E-state index contributed by atoms with van der Waals surface area (Å²) in [6, 6.07) is 2.02. The van der Waals surface area contributed by atoms with Gasteiger partial charge in [-0.2, -0.15) is 4.90 Å². The molecule has 0 aromatic heterocycles. The molecule has 2 fully saturated rings. The van der Waals surface area contributed by atoms with Crippen molar-refractivity contribution >= 4 is 33.8 Å². The first kappa shape index (κ1) is 30.3. The molecule has 0 bridgehead atoms. The second-order valence-electron chi connectivity index (χ2n) is 10.1. The Hall–Kier alpha value is -3.26. The maximum absolute atomic E-state index is 14.1. The van der Waals surface area contributed by atoms with Gasteiger partial charge in [-0.3, -0.25) is 15.0 Å². The van der Waals surface area contributed by atoms with Gasteiger partial charge in [0.1, 0.15) is 12.6 Å². The number of guanidine groups is 1. The fourth-order valence-electron chi connectivity index (χ4n) is 4.06. The Morgan fingerprint density at radius 2 is 1.95 bits per heavy atom. The number of imide groups is 3. The standard InChI is InChI=1S/C25H37FN6O6S/c1-16(19-9-10-20(26)21(13-19)38-15-18-7-8-18)29-39(36,37)12-6-4-5-11-31-14-22(33)32(25(31)35)23(34)17(2)30(3)24(27)28/h9-10,13,16-18,29H,4-8,11-12,14-15H2,1-3H3,(H3,27,28)/t16-,17-/m1/s1. The lowest BCUT2D eigenvalue weighted by molar-refractivity contribution is -0.140. The molecule has 0 unspecified atom stereocenters. The Labute approximate surface area is 228 Å². The number of halogens is 1. The van der Waals surface area contributed by atoms with Crippen molar-refractivity contribution in [1.82, 2.24) is 19.4 Å². The quantitative estimate of drug-likeness (QED) is 0.132. The van der Waals surface area contributed by atoms with E-state index in [1.54, 1.807) is 6.92 Å². The van der Waals surface area contributed by atoms with E-state index in [0.717, 1.165) is 17.7 Å². The number of amides is 4. The monoisotopic (exact) mass is 568 g/mol. The number of likely N-dealkylation sites (N-methyl/N-ethyl adjacent to an activating group) is 1.